The van der Waals surface area contributed by atoms with Crippen LogP contribution in [-0.4, -0.2) is 37.0 Å². The molecule has 3 rings (SSSR count). The van der Waals surface area contributed by atoms with Crippen LogP contribution in [0, 0.1) is 5.82 Å². The van der Waals surface area contributed by atoms with Crippen LogP contribution in [0.25, 0.3) is 6.08 Å². The van der Waals surface area contributed by atoms with Gasteiger partial charge in [-0.3, -0.25) is 4.79 Å². The zero-order chi connectivity index (χ0) is 16.9. The van der Waals surface area contributed by atoms with Gasteiger partial charge in [0.25, 0.3) is 0 Å². The molecule has 2 aromatic rings. The Hall–Kier alpha value is -1.69. The molecule has 1 aliphatic heterocycles. The van der Waals surface area contributed by atoms with Gasteiger partial charge in [0.15, 0.2) is 0 Å². The molecular formula is C18H19ClFN2OS+. The van der Waals surface area contributed by atoms with Crippen molar-refractivity contribution in [2.75, 3.05) is 26.2 Å². The minimum absolute atomic E-state index is 0.0931. The molecule has 3 nitrogen and oxygen atoms in total. The van der Waals surface area contributed by atoms with Gasteiger partial charge in [0.1, 0.15) is 12.4 Å². The largest absolute Gasteiger partial charge is 0.328 e. The van der Waals surface area contributed by atoms with Crippen molar-refractivity contribution in [1.82, 2.24) is 4.90 Å². The minimum Gasteiger partial charge on any atom is -0.328 e. The fourth-order valence-corrected chi connectivity index (χ4v) is 3.81. The molecule has 0 atom stereocenters. The molecule has 2 heterocycles. The highest BCUT2D eigenvalue weighted by Gasteiger charge is 2.22. The van der Waals surface area contributed by atoms with Gasteiger partial charge < -0.3 is 9.80 Å². The average molecular weight is 366 g/mol. The van der Waals surface area contributed by atoms with E-state index >= 15 is 0 Å². The maximum absolute atomic E-state index is 13.7. The number of quaternary nitrogens is 1. The standard InChI is InChI=1S/C18H18ClFN2OS/c19-16-4-1-5-17(20)15(16)6-7-18(23)22-10-8-21(9-11-22)13-14-3-2-12-24-14/h1-7,12H,8-11,13H2/p+1/b7-6+. The molecule has 1 saturated heterocycles. The first-order valence-electron chi connectivity index (χ1n) is 7.90. The van der Waals surface area contributed by atoms with Crippen LogP contribution in [0.4, 0.5) is 4.39 Å². The summed E-state index contributed by atoms with van der Waals surface area (Å²) in [6, 6.07) is 8.71. The van der Waals surface area contributed by atoms with Crippen molar-refractivity contribution in [1.29, 1.82) is 0 Å². The summed E-state index contributed by atoms with van der Waals surface area (Å²) in [5.74, 6) is -0.513. The molecule has 126 valence electrons. The van der Waals surface area contributed by atoms with Crippen LogP contribution in [0.3, 0.4) is 0 Å². The number of thiophene rings is 1. The summed E-state index contributed by atoms with van der Waals surface area (Å²) in [6.07, 6.45) is 2.87. The van der Waals surface area contributed by atoms with Crippen molar-refractivity contribution < 1.29 is 14.1 Å². The van der Waals surface area contributed by atoms with Gasteiger partial charge in [-0.15, -0.1) is 11.3 Å². The van der Waals surface area contributed by atoms with Gasteiger partial charge in [-0.05, 0) is 29.7 Å². The van der Waals surface area contributed by atoms with Crippen LogP contribution in [0.5, 0.6) is 0 Å². The van der Waals surface area contributed by atoms with Gasteiger partial charge in [-0.1, -0.05) is 23.7 Å². The molecule has 0 unspecified atom stereocenters. The molecule has 0 saturated carbocycles. The maximum Gasteiger partial charge on any atom is 0.246 e. The zero-order valence-electron chi connectivity index (χ0n) is 13.2. The molecule has 1 fully saturated rings. The number of carbonyl (C=O) groups is 1. The number of nitrogens with one attached hydrogen (secondary N) is 1. The number of piperazine rings is 1. The SMILES string of the molecule is O=C(/C=C/c1c(F)cccc1Cl)N1CC[NH+](Cc2cccs2)CC1. The third-order valence-electron chi connectivity index (χ3n) is 4.18. The molecule has 6 heteroatoms. The van der Waals surface area contributed by atoms with Crippen LogP contribution >= 0.6 is 22.9 Å². The number of benzene rings is 1. The van der Waals surface area contributed by atoms with Gasteiger partial charge in [-0.25, -0.2) is 4.39 Å². The van der Waals surface area contributed by atoms with E-state index in [-0.39, 0.29) is 11.5 Å². The van der Waals surface area contributed by atoms with Crippen LogP contribution in [0.15, 0.2) is 41.8 Å². The normalized spacial score (nSPS) is 16.0. The first-order valence-corrected chi connectivity index (χ1v) is 9.16. The summed E-state index contributed by atoms with van der Waals surface area (Å²) >= 11 is 7.74. The highest BCUT2D eigenvalue weighted by Crippen LogP contribution is 2.20. The monoisotopic (exact) mass is 365 g/mol. The zero-order valence-corrected chi connectivity index (χ0v) is 14.7. The van der Waals surface area contributed by atoms with Crippen LogP contribution in [-0.2, 0) is 11.3 Å². The number of hydrogen-bond acceptors (Lipinski definition) is 2. The summed E-state index contributed by atoms with van der Waals surface area (Å²) in [7, 11) is 0. The van der Waals surface area contributed by atoms with Crippen molar-refractivity contribution in [3.05, 3.63) is 63.1 Å². The number of nitrogens with zero attached hydrogens (tertiary/aromatic N) is 1. The topological polar surface area (TPSA) is 24.8 Å². The van der Waals surface area contributed by atoms with E-state index in [9.17, 15) is 9.18 Å². The molecule has 0 radical (unpaired) electrons. The smallest absolute Gasteiger partial charge is 0.246 e. The minimum atomic E-state index is -0.420. The second kappa shape index (κ2) is 7.92. The second-order valence-corrected chi connectivity index (χ2v) is 7.24. The summed E-state index contributed by atoms with van der Waals surface area (Å²) in [5.41, 5.74) is 0.259. The number of hydrogen-bond donors (Lipinski definition) is 1. The lowest BCUT2D eigenvalue weighted by Crippen LogP contribution is -3.13. The highest BCUT2D eigenvalue weighted by molar-refractivity contribution is 7.09. The number of carbonyl (C=O) groups excluding carboxylic acids is 1. The molecular weight excluding hydrogens is 347 g/mol. The number of amides is 1. The average Bonchev–Trinajstić information content (AvgIpc) is 3.08. The lowest BCUT2D eigenvalue weighted by Gasteiger charge is -2.31. The Kier molecular flexibility index (Phi) is 5.66. The Labute approximate surface area is 150 Å². The van der Waals surface area contributed by atoms with Crippen LogP contribution < -0.4 is 4.90 Å². The van der Waals surface area contributed by atoms with Gasteiger partial charge in [0, 0.05) is 11.6 Å². The van der Waals surface area contributed by atoms with Crippen molar-refractivity contribution in [3.8, 4) is 0 Å². The second-order valence-electron chi connectivity index (χ2n) is 5.80. The Morgan fingerprint density at radius 3 is 2.75 bits per heavy atom. The predicted molar refractivity (Wildman–Crippen MR) is 95.7 cm³/mol. The van der Waals surface area contributed by atoms with E-state index in [0.29, 0.717) is 5.02 Å². The van der Waals surface area contributed by atoms with Gasteiger partial charge >= 0.3 is 0 Å². The van der Waals surface area contributed by atoms with Crippen molar-refractivity contribution >= 4 is 34.9 Å². The molecule has 24 heavy (non-hydrogen) atoms. The van der Waals surface area contributed by atoms with Crippen LogP contribution in [0.2, 0.25) is 5.02 Å². The molecule has 1 amide bonds. The fraction of sp³-hybridized carbons (Fsp3) is 0.278. The van der Waals surface area contributed by atoms with E-state index in [1.165, 1.54) is 28.0 Å². The molecule has 1 aromatic heterocycles. The lowest BCUT2D eigenvalue weighted by atomic mass is 10.2. The summed E-state index contributed by atoms with van der Waals surface area (Å²) in [6.45, 7) is 4.31. The van der Waals surface area contributed by atoms with Gasteiger partial charge in [-0.2, -0.15) is 0 Å². The van der Waals surface area contributed by atoms with Crippen molar-refractivity contribution in [3.63, 3.8) is 0 Å². The third-order valence-corrected chi connectivity index (χ3v) is 5.38. The van der Waals surface area contributed by atoms with Gasteiger partial charge in [0.05, 0.1) is 36.1 Å². The van der Waals surface area contributed by atoms with E-state index < -0.39 is 5.82 Å². The highest BCUT2D eigenvalue weighted by atomic mass is 35.5. The quantitative estimate of drug-likeness (QED) is 0.827. The van der Waals surface area contributed by atoms with Crippen molar-refractivity contribution in [2.24, 2.45) is 0 Å². The van der Waals surface area contributed by atoms with E-state index in [0.717, 1.165) is 32.7 Å². The number of rotatable bonds is 4. The first-order chi connectivity index (χ1) is 11.6. The Morgan fingerprint density at radius 1 is 1.29 bits per heavy atom. The van der Waals surface area contributed by atoms with E-state index in [1.54, 1.807) is 23.5 Å². The van der Waals surface area contributed by atoms with Crippen LogP contribution in [0.1, 0.15) is 10.4 Å². The summed E-state index contributed by atoms with van der Waals surface area (Å²) < 4.78 is 13.7. The lowest BCUT2D eigenvalue weighted by molar-refractivity contribution is -0.917. The molecule has 0 spiro atoms. The Morgan fingerprint density at radius 2 is 2.08 bits per heavy atom. The van der Waals surface area contributed by atoms with E-state index in [2.05, 4.69) is 17.5 Å². The van der Waals surface area contributed by atoms with Crippen molar-refractivity contribution in [2.45, 2.75) is 6.54 Å². The number of halogens is 2. The summed E-state index contributed by atoms with van der Waals surface area (Å²) in [4.78, 5) is 17.0. The maximum atomic E-state index is 13.7. The predicted octanol–water partition coefficient (Wildman–Crippen LogP) is 2.48. The molecule has 1 aromatic carbocycles. The Balaban J connectivity index is 1.54. The van der Waals surface area contributed by atoms with E-state index in [4.69, 9.17) is 11.6 Å². The summed E-state index contributed by atoms with van der Waals surface area (Å²) in [5, 5.41) is 2.40. The van der Waals surface area contributed by atoms with E-state index in [1.807, 2.05) is 4.90 Å². The first kappa shape index (κ1) is 17.1. The van der Waals surface area contributed by atoms with Gasteiger partial charge in [0.2, 0.25) is 5.91 Å². The molecule has 0 aliphatic carbocycles. The third kappa shape index (κ3) is 4.23. The molecule has 1 aliphatic rings. The molecule has 1 N–H and O–H groups in total. The fourth-order valence-electron chi connectivity index (χ4n) is 2.81. The Bertz CT molecular complexity index is 704. The molecule has 0 bridgehead atoms.